The van der Waals surface area contributed by atoms with E-state index in [4.69, 9.17) is 16.6 Å². The summed E-state index contributed by atoms with van der Waals surface area (Å²) in [4.78, 5) is 30.9. The van der Waals surface area contributed by atoms with E-state index in [0.717, 1.165) is 11.8 Å². The summed E-state index contributed by atoms with van der Waals surface area (Å²) in [5, 5.41) is 11.3. The van der Waals surface area contributed by atoms with Gasteiger partial charge in [-0.05, 0) is 31.2 Å². The number of nitrogens with two attached hydrogens (primary N) is 2. The third-order valence-corrected chi connectivity index (χ3v) is 3.76. The summed E-state index contributed by atoms with van der Waals surface area (Å²) in [6.45, 7) is 1.69. The summed E-state index contributed by atoms with van der Waals surface area (Å²) >= 11 is 1.12. The lowest BCUT2D eigenvalue weighted by molar-refractivity contribution is -0.115. The van der Waals surface area contributed by atoms with Gasteiger partial charge in [0.25, 0.3) is 0 Å². The molecule has 1 unspecified atom stereocenters. The van der Waals surface area contributed by atoms with Gasteiger partial charge in [0, 0.05) is 11.8 Å². The first kappa shape index (κ1) is 16.6. The summed E-state index contributed by atoms with van der Waals surface area (Å²) in [6.07, 6.45) is 0. The van der Waals surface area contributed by atoms with Gasteiger partial charge in [0.1, 0.15) is 11.6 Å². The highest BCUT2D eigenvalue weighted by molar-refractivity contribution is 8.00. The molecule has 1 aromatic heterocycles. The lowest BCUT2D eigenvalue weighted by Gasteiger charge is -2.11. The van der Waals surface area contributed by atoms with Crippen LogP contribution in [0.5, 0.6) is 0 Å². The predicted octanol–water partition coefficient (Wildman–Crippen LogP) is 1.46. The van der Waals surface area contributed by atoms with Crippen molar-refractivity contribution in [3.05, 3.63) is 35.9 Å². The van der Waals surface area contributed by atoms with Crippen molar-refractivity contribution in [1.82, 2.24) is 9.97 Å². The number of carbonyl (C=O) groups excluding carboxylic acids is 1. The van der Waals surface area contributed by atoms with Crippen molar-refractivity contribution >= 4 is 41.0 Å². The number of hydrogen-bond donors (Lipinski definition) is 4. The molecule has 0 radical (unpaired) electrons. The Morgan fingerprint density at radius 2 is 1.74 bits per heavy atom. The number of carbonyl (C=O) groups is 2. The molecule has 8 nitrogen and oxygen atoms in total. The van der Waals surface area contributed by atoms with Crippen LogP contribution in [0, 0.1) is 0 Å². The SMILES string of the molecule is CC(Sc1nc(N)cc(N)n1)C(=O)Nc1ccc(C(=O)O)cc1. The van der Waals surface area contributed by atoms with Crippen molar-refractivity contribution < 1.29 is 14.7 Å². The van der Waals surface area contributed by atoms with E-state index in [9.17, 15) is 9.59 Å². The van der Waals surface area contributed by atoms with E-state index in [0.29, 0.717) is 10.8 Å². The third-order valence-electron chi connectivity index (χ3n) is 2.80. The molecule has 0 saturated carbocycles. The van der Waals surface area contributed by atoms with Crippen LogP contribution in [0.25, 0.3) is 0 Å². The number of nitrogen functional groups attached to an aromatic ring is 2. The van der Waals surface area contributed by atoms with Crippen LogP contribution < -0.4 is 16.8 Å². The average molecular weight is 333 g/mol. The number of nitrogens with one attached hydrogen (secondary N) is 1. The quantitative estimate of drug-likeness (QED) is 0.475. The number of thioether (sulfide) groups is 1. The fourth-order valence-corrected chi connectivity index (χ4v) is 2.46. The van der Waals surface area contributed by atoms with Gasteiger partial charge in [-0.25, -0.2) is 14.8 Å². The zero-order valence-electron chi connectivity index (χ0n) is 12.2. The van der Waals surface area contributed by atoms with Gasteiger partial charge in [-0.1, -0.05) is 11.8 Å². The maximum Gasteiger partial charge on any atom is 0.335 e. The number of aromatic nitrogens is 2. The predicted molar refractivity (Wildman–Crippen MR) is 88.2 cm³/mol. The van der Waals surface area contributed by atoms with Gasteiger partial charge in [-0.15, -0.1) is 0 Å². The number of amides is 1. The van der Waals surface area contributed by atoms with Gasteiger partial charge >= 0.3 is 5.97 Å². The Hall–Kier alpha value is -2.81. The smallest absolute Gasteiger partial charge is 0.335 e. The van der Waals surface area contributed by atoms with Crippen LogP contribution in [0.2, 0.25) is 0 Å². The number of carboxylic acid groups (broad SMARTS) is 1. The zero-order chi connectivity index (χ0) is 17.0. The minimum absolute atomic E-state index is 0.147. The molecule has 0 aliphatic rings. The summed E-state index contributed by atoms with van der Waals surface area (Å²) < 4.78 is 0. The molecule has 23 heavy (non-hydrogen) atoms. The van der Waals surface area contributed by atoms with Gasteiger partial charge in [0.2, 0.25) is 5.91 Å². The number of carboxylic acids is 1. The van der Waals surface area contributed by atoms with Gasteiger partial charge in [-0.3, -0.25) is 4.79 Å². The monoisotopic (exact) mass is 333 g/mol. The number of benzene rings is 1. The molecule has 1 atom stereocenters. The number of nitrogens with zero attached hydrogens (tertiary/aromatic N) is 2. The van der Waals surface area contributed by atoms with E-state index in [2.05, 4.69) is 15.3 Å². The second-order valence-corrected chi connectivity index (χ2v) is 5.94. The van der Waals surface area contributed by atoms with E-state index in [1.54, 1.807) is 6.92 Å². The highest BCUT2D eigenvalue weighted by Crippen LogP contribution is 2.22. The molecule has 0 aliphatic heterocycles. The Kier molecular flexibility index (Phi) is 5.02. The Morgan fingerprint density at radius 3 is 2.26 bits per heavy atom. The molecule has 9 heteroatoms. The van der Waals surface area contributed by atoms with Crippen molar-refractivity contribution in [1.29, 1.82) is 0 Å². The highest BCUT2D eigenvalue weighted by atomic mass is 32.2. The van der Waals surface area contributed by atoms with Crippen molar-refractivity contribution in [3.8, 4) is 0 Å². The first-order chi connectivity index (χ1) is 10.8. The molecule has 0 bridgehead atoms. The van der Waals surface area contributed by atoms with Crippen LogP contribution in [-0.2, 0) is 4.79 Å². The minimum Gasteiger partial charge on any atom is -0.478 e. The van der Waals surface area contributed by atoms with Crippen LogP contribution in [-0.4, -0.2) is 32.2 Å². The van der Waals surface area contributed by atoms with Crippen LogP contribution in [0.4, 0.5) is 17.3 Å². The fourth-order valence-electron chi connectivity index (χ4n) is 1.67. The van der Waals surface area contributed by atoms with Crippen molar-refractivity contribution in [2.24, 2.45) is 0 Å². The second kappa shape index (κ2) is 6.97. The van der Waals surface area contributed by atoms with Crippen LogP contribution in [0.1, 0.15) is 17.3 Å². The Bertz CT molecular complexity index is 715. The van der Waals surface area contributed by atoms with Crippen LogP contribution in [0.15, 0.2) is 35.5 Å². The molecule has 0 spiro atoms. The van der Waals surface area contributed by atoms with E-state index in [-0.39, 0.29) is 23.1 Å². The molecule has 2 rings (SSSR count). The molecule has 1 heterocycles. The molecule has 0 fully saturated rings. The largest absolute Gasteiger partial charge is 0.478 e. The first-order valence-electron chi connectivity index (χ1n) is 6.56. The van der Waals surface area contributed by atoms with Gasteiger partial charge in [-0.2, -0.15) is 0 Å². The van der Waals surface area contributed by atoms with E-state index < -0.39 is 11.2 Å². The maximum atomic E-state index is 12.1. The Morgan fingerprint density at radius 1 is 1.17 bits per heavy atom. The lowest BCUT2D eigenvalue weighted by Crippen LogP contribution is -2.22. The maximum absolute atomic E-state index is 12.1. The number of rotatable bonds is 5. The van der Waals surface area contributed by atoms with Crippen molar-refractivity contribution in [2.45, 2.75) is 17.3 Å². The molecule has 0 aliphatic carbocycles. The summed E-state index contributed by atoms with van der Waals surface area (Å²) in [5.74, 6) is -0.834. The minimum atomic E-state index is -1.02. The zero-order valence-corrected chi connectivity index (χ0v) is 13.0. The highest BCUT2D eigenvalue weighted by Gasteiger charge is 2.17. The van der Waals surface area contributed by atoms with Gasteiger partial charge in [0.05, 0.1) is 10.8 Å². The van der Waals surface area contributed by atoms with Gasteiger partial charge < -0.3 is 21.9 Å². The average Bonchev–Trinajstić information content (AvgIpc) is 2.46. The number of hydrogen-bond acceptors (Lipinski definition) is 7. The molecule has 1 amide bonds. The molecule has 6 N–H and O–H groups in total. The molecule has 120 valence electrons. The van der Waals surface area contributed by atoms with Gasteiger partial charge in [0.15, 0.2) is 5.16 Å². The summed E-state index contributed by atoms with van der Waals surface area (Å²) in [5.41, 5.74) is 11.8. The number of anilines is 3. The normalized spacial score (nSPS) is 11.7. The molecular weight excluding hydrogens is 318 g/mol. The molecule has 2 aromatic rings. The first-order valence-corrected chi connectivity index (χ1v) is 7.44. The number of aromatic carboxylic acids is 1. The van der Waals surface area contributed by atoms with E-state index >= 15 is 0 Å². The van der Waals surface area contributed by atoms with E-state index in [1.807, 2.05) is 0 Å². The molecule has 1 aromatic carbocycles. The fraction of sp³-hybridized carbons (Fsp3) is 0.143. The Labute approximate surface area is 136 Å². The summed E-state index contributed by atoms with van der Waals surface area (Å²) in [7, 11) is 0. The van der Waals surface area contributed by atoms with Crippen molar-refractivity contribution in [2.75, 3.05) is 16.8 Å². The Balaban J connectivity index is 2.00. The van der Waals surface area contributed by atoms with Crippen LogP contribution in [0.3, 0.4) is 0 Å². The van der Waals surface area contributed by atoms with Crippen LogP contribution >= 0.6 is 11.8 Å². The van der Waals surface area contributed by atoms with E-state index in [1.165, 1.54) is 30.3 Å². The molecular formula is C14H15N5O3S. The standard InChI is InChI=1S/C14H15N5O3S/c1-7(23-14-18-10(15)6-11(16)19-14)12(20)17-9-4-2-8(3-5-9)13(21)22/h2-7H,1H3,(H,17,20)(H,21,22)(H4,15,16,18,19). The van der Waals surface area contributed by atoms with Crippen molar-refractivity contribution in [3.63, 3.8) is 0 Å². The topological polar surface area (TPSA) is 144 Å². The molecule has 0 saturated heterocycles. The summed E-state index contributed by atoms with van der Waals surface area (Å²) in [6, 6.07) is 7.30. The second-order valence-electron chi connectivity index (χ2n) is 4.63. The third kappa shape index (κ3) is 4.58. The lowest BCUT2D eigenvalue weighted by atomic mass is 10.2.